The molecular weight excluding hydrogens is 386 g/mol. The van der Waals surface area contributed by atoms with Crippen LogP contribution in [0.25, 0.3) is 0 Å². The van der Waals surface area contributed by atoms with Gasteiger partial charge in [0.05, 0.1) is 12.1 Å². The molecule has 0 aromatic carbocycles. The van der Waals surface area contributed by atoms with Crippen molar-refractivity contribution in [3.05, 3.63) is 24.4 Å². The van der Waals surface area contributed by atoms with Gasteiger partial charge in [-0.3, -0.25) is 9.78 Å². The predicted octanol–water partition coefficient (Wildman–Crippen LogP) is 2.41. The Hall–Kier alpha value is -2.16. The van der Waals surface area contributed by atoms with E-state index in [2.05, 4.69) is 48.8 Å². The third-order valence-electron chi connectivity index (χ3n) is 5.07. The van der Waals surface area contributed by atoms with Gasteiger partial charge in [0.15, 0.2) is 5.16 Å². The minimum Gasteiger partial charge on any atom is -0.356 e. The summed E-state index contributed by atoms with van der Waals surface area (Å²) in [4.78, 5) is 23.3. The maximum atomic E-state index is 12.6. The Morgan fingerprint density at radius 3 is 2.93 bits per heavy atom. The maximum absolute atomic E-state index is 12.6. The van der Waals surface area contributed by atoms with Crippen molar-refractivity contribution < 1.29 is 4.79 Å². The average Bonchev–Trinajstić information content (AvgIpc) is 3.12. The first-order valence-corrected chi connectivity index (χ1v) is 11.6. The number of carbonyl (C=O) groups excluding carboxylic acids is 1. The molecule has 0 bridgehead atoms. The Labute approximate surface area is 176 Å². The van der Waals surface area contributed by atoms with Gasteiger partial charge in [-0.15, -0.1) is 10.2 Å². The van der Waals surface area contributed by atoms with Gasteiger partial charge >= 0.3 is 0 Å². The Balaban J connectivity index is 1.46. The molecular formula is C20H31N7OS. The van der Waals surface area contributed by atoms with Crippen LogP contribution >= 0.6 is 11.8 Å². The fourth-order valence-electron chi connectivity index (χ4n) is 3.66. The van der Waals surface area contributed by atoms with Crippen LogP contribution in [0.2, 0.25) is 0 Å². The molecule has 1 fully saturated rings. The van der Waals surface area contributed by atoms with Crippen molar-refractivity contribution in [2.45, 2.75) is 51.2 Å². The van der Waals surface area contributed by atoms with Crippen LogP contribution in [-0.4, -0.2) is 56.5 Å². The summed E-state index contributed by atoms with van der Waals surface area (Å²) in [5, 5.41) is 12.7. The van der Waals surface area contributed by atoms with Crippen molar-refractivity contribution in [2.75, 3.05) is 30.8 Å². The van der Waals surface area contributed by atoms with Gasteiger partial charge in [-0.25, -0.2) is 4.98 Å². The van der Waals surface area contributed by atoms with Gasteiger partial charge in [0, 0.05) is 45.0 Å². The van der Waals surface area contributed by atoms with Crippen molar-refractivity contribution in [1.82, 2.24) is 30.0 Å². The van der Waals surface area contributed by atoms with Crippen LogP contribution in [0.3, 0.4) is 0 Å². The number of thioether (sulfide) groups is 1. The van der Waals surface area contributed by atoms with Gasteiger partial charge in [0.25, 0.3) is 0 Å². The summed E-state index contributed by atoms with van der Waals surface area (Å²) in [5.74, 6) is 2.52. The molecule has 2 aromatic rings. The molecule has 0 saturated carbocycles. The number of rotatable bonds is 9. The highest BCUT2D eigenvalue weighted by molar-refractivity contribution is 7.98. The smallest absolute Gasteiger partial charge is 0.224 e. The number of piperidine rings is 1. The highest BCUT2D eigenvalue weighted by atomic mass is 32.2. The summed E-state index contributed by atoms with van der Waals surface area (Å²) in [6.45, 7) is 7.59. The molecule has 9 heteroatoms. The monoisotopic (exact) mass is 417 g/mol. The second-order valence-corrected chi connectivity index (χ2v) is 8.62. The highest BCUT2D eigenvalue weighted by Gasteiger charge is 2.26. The van der Waals surface area contributed by atoms with E-state index in [1.165, 1.54) is 0 Å². The van der Waals surface area contributed by atoms with Gasteiger partial charge < -0.3 is 14.8 Å². The van der Waals surface area contributed by atoms with Gasteiger partial charge in [-0.2, -0.15) is 0 Å². The van der Waals surface area contributed by atoms with Gasteiger partial charge in [0.2, 0.25) is 5.91 Å². The molecule has 1 aliphatic rings. The van der Waals surface area contributed by atoms with Gasteiger partial charge in [-0.1, -0.05) is 25.6 Å². The van der Waals surface area contributed by atoms with E-state index in [1.807, 2.05) is 6.26 Å². The van der Waals surface area contributed by atoms with Crippen LogP contribution in [0.5, 0.6) is 0 Å². The van der Waals surface area contributed by atoms with Crippen LogP contribution in [0, 0.1) is 11.8 Å². The summed E-state index contributed by atoms with van der Waals surface area (Å²) in [5.41, 5.74) is 0. The molecule has 1 amide bonds. The van der Waals surface area contributed by atoms with Crippen LogP contribution in [0.1, 0.15) is 38.9 Å². The summed E-state index contributed by atoms with van der Waals surface area (Å²) >= 11 is 1.62. The molecule has 0 aliphatic carbocycles. The molecule has 3 rings (SSSR count). The Kier molecular flexibility index (Phi) is 7.85. The van der Waals surface area contributed by atoms with Crippen molar-refractivity contribution >= 4 is 23.5 Å². The molecule has 1 N–H and O–H groups in total. The number of anilines is 1. The summed E-state index contributed by atoms with van der Waals surface area (Å²) in [6, 6.07) is 0. The lowest BCUT2D eigenvalue weighted by atomic mass is 9.97. The number of aromatic nitrogens is 5. The molecule has 2 aromatic heterocycles. The fourth-order valence-corrected chi connectivity index (χ4v) is 4.18. The third kappa shape index (κ3) is 5.91. The molecule has 1 saturated heterocycles. The van der Waals surface area contributed by atoms with E-state index in [1.54, 1.807) is 30.4 Å². The second-order valence-electron chi connectivity index (χ2n) is 7.85. The normalized spacial score (nSPS) is 17.0. The van der Waals surface area contributed by atoms with E-state index >= 15 is 0 Å². The van der Waals surface area contributed by atoms with E-state index in [9.17, 15) is 4.79 Å². The quantitative estimate of drug-likeness (QED) is 0.495. The lowest BCUT2D eigenvalue weighted by molar-refractivity contribution is -0.125. The third-order valence-corrected chi connectivity index (χ3v) is 5.73. The minimum atomic E-state index is -0.00144. The topological polar surface area (TPSA) is 88.8 Å². The Morgan fingerprint density at radius 1 is 1.34 bits per heavy atom. The van der Waals surface area contributed by atoms with Crippen LogP contribution in [0.4, 0.5) is 5.82 Å². The minimum absolute atomic E-state index is 0.00144. The van der Waals surface area contributed by atoms with Crippen molar-refractivity contribution in [3.8, 4) is 0 Å². The first kappa shape index (κ1) is 21.5. The molecule has 3 heterocycles. The van der Waals surface area contributed by atoms with Crippen LogP contribution in [-0.2, 0) is 17.8 Å². The number of carbonyl (C=O) groups is 1. The first-order valence-electron chi connectivity index (χ1n) is 10.3. The molecule has 1 atom stereocenters. The van der Waals surface area contributed by atoms with Gasteiger partial charge in [-0.05, 0) is 31.4 Å². The van der Waals surface area contributed by atoms with E-state index in [0.29, 0.717) is 19.0 Å². The molecule has 0 radical (unpaired) electrons. The van der Waals surface area contributed by atoms with Crippen LogP contribution < -0.4 is 10.2 Å². The summed E-state index contributed by atoms with van der Waals surface area (Å²) in [6.07, 6.45) is 10.7. The number of hydrogen-bond donors (Lipinski definition) is 1. The fraction of sp³-hybridized carbons (Fsp3) is 0.650. The van der Waals surface area contributed by atoms with E-state index in [0.717, 1.165) is 55.6 Å². The molecule has 29 heavy (non-hydrogen) atoms. The first-order chi connectivity index (χ1) is 14.1. The second kappa shape index (κ2) is 10.6. The molecule has 1 aliphatic heterocycles. The number of nitrogens with zero attached hydrogens (tertiary/aromatic N) is 6. The SMILES string of the molecule is CSc1nnc(CCCNC(=O)C2CCCN(c3cnccn3)C2)n1CC(C)C. The number of aryl methyl sites for hydroxylation is 1. The molecule has 0 spiro atoms. The summed E-state index contributed by atoms with van der Waals surface area (Å²) < 4.78 is 2.21. The zero-order chi connectivity index (χ0) is 20.6. The zero-order valence-electron chi connectivity index (χ0n) is 17.5. The van der Waals surface area contributed by atoms with Crippen molar-refractivity contribution in [1.29, 1.82) is 0 Å². The average molecular weight is 418 g/mol. The summed E-state index contributed by atoms with van der Waals surface area (Å²) in [7, 11) is 0. The lowest BCUT2D eigenvalue weighted by Gasteiger charge is -2.32. The Bertz CT molecular complexity index is 780. The molecule has 158 valence electrons. The molecule has 1 unspecified atom stereocenters. The van der Waals surface area contributed by atoms with E-state index in [4.69, 9.17) is 0 Å². The van der Waals surface area contributed by atoms with Gasteiger partial charge in [0.1, 0.15) is 11.6 Å². The van der Waals surface area contributed by atoms with Crippen molar-refractivity contribution in [3.63, 3.8) is 0 Å². The Morgan fingerprint density at radius 2 is 2.21 bits per heavy atom. The number of nitrogens with one attached hydrogen (secondary N) is 1. The predicted molar refractivity (Wildman–Crippen MR) is 115 cm³/mol. The van der Waals surface area contributed by atoms with E-state index < -0.39 is 0 Å². The van der Waals surface area contributed by atoms with E-state index in [-0.39, 0.29) is 11.8 Å². The van der Waals surface area contributed by atoms with Crippen molar-refractivity contribution in [2.24, 2.45) is 11.8 Å². The molecule has 8 nitrogen and oxygen atoms in total. The largest absolute Gasteiger partial charge is 0.356 e. The lowest BCUT2D eigenvalue weighted by Crippen LogP contribution is -2.43. The van der Waals surface area contributed by atoms with Crippen LogP contribution in [0.15, 0.2) is 23.7 Å². The maximum Gasteiger partial charge on any atom is 0.224 e. The zero-order valence-corrected chi connectivity index (χ0v) is 18.4. The number of amides is 1. The standard InChI is InChI=1S/C20H31N7OS/c1-15(2)13-27-17(24-25-20(27)29-3)7-4-8-23-19(28)16-6-5-11-26(14-16)18-12-21-9-10-22-18/h9-10,12,15-16H,4-8,11,13-14H2,1-3H3,(H,23,28). The highest BCUT2D eigenvalue weighted by Crippen LogP contribution is 2.21. The number of hydrogen-bond acceptors (Lipinski definition) is 7.